The van der Waals surface area contributed by atoms with Gasteiger partial charge in [-0.1, -0.05) is 12.8 Å². The highest BCUT2D eigenvalue weighted by molar-refractivity contribution is 7.13. The first-order valence-corrected chi connectivity index (χ1v) is 7.51. The molecule has 1 spiro atoms. The lowest BCUT2D eigenvalue weighted by atomic mass is 9.60. The molecule has 0 amide bonds. The Morgan fingerprint density at radius 3 is 3.00 bits per heavy atom. The second-order valence-electron chi connectivity index (χ2n) is 5.15. The summed E-state index contributed by atoms with van der Waals surface area (Å²) in [4.78, 5) is 4.33. The van der Waals surface area contributed by atoms with E-state index in [0.29, 0.717) is 17.6 Å². The normalized spacial score (nSPS) is 30.4. The first-order valence-electron chi connectivity index (χ1n) is 6.63. The number of rotatable bonds is 4. The summed E-state index contributed by atoms with van der Waals surface area (Å²) in [7, 11) is 0. The number of ether oxygens (including phenoxy) is 1. The lowest BCUT2D eigenvalue weighted by molar-refractivity contribution is -0.114. The third kappa shape index (κ3) is 1.87. The molecule has 2 aliphatic rings. The molecular weight excluding hydrogens is 232 g/mol. The van der Waals surface area contributed by atoms with Gasteiger partial charge in [0.05, 0.1) is 6.10 Å². The van der Waals surface area contributed by atoms with Crippen LogP contribution < -0.4 is 5.32 Å². The molecule has 3 nitrogen and oxygen atoms in total. The van der Waals surface area contributed by atoms with E-state index in [1.165, 1.54) is 25.7 Å². The van der Waals surface area contributed by atoms with Gasteiger partial charge in [-0.3, -0.25) is 0 Å². The lowest BCUT2D eigenvalue weighted by Gasteiger charge is -2.54. The molecular formula is C13H20N2OS. The summed E-state index contributed by atoms with van der Waals surface area (Å²) < 4.78 is 5.91. The molecule has 94 valence electrons. The first-order chi connectivity index (χ1) is 8.35. The highest BCUT2D eigenvalue weighted by Crippen LogP contribution is 2.55. The van der Waals surface area contributed by atoms with Crippen molar-refractivity contribution in [1.82, 2.24) is 4.98 Å². The average molecular weight is 252 g/mol. The molecule has 1 aromatic heterocycles. The van der Waals surface area contributed by atoms with E-state index in [0.717, 1.165) is 18.2 Å². The topological polar surface area (TPSA) is 34.1 Å². The summed E-state index contributed by atoms with van der Waals surface area (Å²) in [6.07, 6.45) is 8.86. The zero-order chi connectivity index (χ0) is 11.7. The average Bonchev–Trinajstić information content (AvgIpc) is 3.00. The Bertz CT molecular complexity index is 360. The summed E-state index contributed by atoms with van der Waals surface area (Å²) in [5.41, 5.74) is 0.404. The van der Waals surface area contributed by atoms with Crippen molar-refractivity contribution in [2.24, 2.45) is 5.41 Å². The number of nitrogens with zero attached hydrogens (tertiary/aromatic N) is 1. The van der Waals surface area contributed by atoms with Crippen LogP contribution in [0.5, 0.6) is 0 Å². The van der Waals surface area contributed by atoms with Crippen molar-refractivity contribution < 1.29 is 4.74 Å². The van der Waals surface area contributed by atoms with E-state index in [-0.39, 0.29) is 0 Å². The SMILES string of the molecule is CCOC1CC(Nc2nccs2)C12CCCC2. The van der Waals surface area contributed by atoms with Gasteiger partial charge in [0.25, 0.3) is 0 Å². The maximum atomic E-state index is 5.91. The van der Waals surface area contributed by atoms with Crippen molar-refractivity contribution in [2.45, 2.75) is 51.2 Å². The fraction of sp³-hybridized carbons (Fsp3) is 0.769. The summed E-state index contributed by atoms with van der Waals surface area (Å²) in [6, 6.07) is 0.577. The first kappa shape index (κ1) is 11.5. The summed E-state index contributed by atoms with van der Waals surface area (Å²) in [6.45, 7) is 2.95. The number of hydrogen-bond donors (Lipinski definition) is 1. The van der Waals surface area contributed by atoms with Gasteiger partial charge in [-0.2, -0.15) is 0 Å². The highest BCUT2D eigenvalue weighted by Gasteiger charge is 2.56. The third-order valence-electron chi connectivity index (χ3n) is 4.42. The molecule has 2 saturated carbocycles. The molecule has 2 atom stereocenters. The summed E-state index contributed by atoms with van der Waals surface area (Å²) in [5, 5.41) is 6.70. The number of thiazole rings is 1. The van der Waals surface area contributed by atoms with E-state index in [2.05, 4.69) is 17.2 Å². The van der Waals surface area contributed by atoms with Gasteiger partial charge in [0.15, 0.2) is 5.13 Å². The van der Waals surface area contributed by atoms with Gasteiger partial charge in [0, 0.05) is 29.6 Å². The Hall–Kier alpha value is -0.610. The fourth-order valence-corrected chi connectivity index (χ4v) is 4.12. The maximum Gasteiger partial charge on any atom is 0.182 e. The molecule has 0 saturated heterocycles. The quantitative estimate of drug-likeness (QED) is 0.893. The Balaban J connectivity index is 1.69. The van der Waals surface area contributed by atoms with Gasteiger partial charge in [-0.15, -0.1) is 11.3 Å². The number of hydrogen-bond acceptors (Lipinski definition) is 4. The molecule has 0 radical (unpaired) electrons. The molecule has 2 aliphatic carbocycles. The molecule has 0 aromatic carbocycles. The predicted octanol–water partition coefficient (Wildman–Crippen LogP) is 3.29. The van der Waals surface area contributed by atoms with Crippen molar-refractivity contribution in [2.75, 3.05) is 11.9 Å². The standard InChI is InChI=1S/C13H20N2OS/c1-2-16-11-9-10(13(11)5-3-4-6-13)15-12-14-7-8-17-12/h7-8,10-11H,2-6,9H2,1H3,(H,14,15). The van der Waals surface area contributed by atoms with Crippen LogP contribution in [0.15, 0.2) is 11.6 Å². The van der Waals surface area contributed by atoms with Crippen LogP contribution in [0.2, 0.25) is 0 Å². The Morgan fingerprint density at radius 1 is 1.53 bits per heavy atom. The van der Waals surface area contributed by atoms with Crippen LogP contribution in [-0.2, 0) is 4.74 Å². The highest BCUT2D eigenvalue weighted by atomic mass is 32.1. The Kier molecular flexibility index (Phi) is 3.09. The number of aromatic nitrogens is 1. The van der Waals surface area contributed by atoms with Crippen LogP contribution in [0.3, 0.4) is 0 Å². The molecule has 1 heterocycles. The van der Waals surface area contributed by atoms with Gasteiger partial charge >= 0.3 is 0 Å². The number of nitrogens with one attached hydrogen (secondary N) is 1. The molecule has 3 rings (SSSR count). The van der Waals surface area contributed by atoms with Crippen LogP contribution in [0.1, 0.15) is 39.0 Å². The van der Waals surface area contributed by atoms with Crippen molar-refractivity contribution in [3.8, 4) is 0 Å². The largest absolute Gasteiger partial charge is 0.378 e. The zero-order valence-electron chi connectivity index (χ0n) is 10.3. The second kappa shape index (κ2) is 4.58. The third-order valence-corrected chi connectivity index (χ3v) is 5.12. The maximum absolute atomic E-state index is 5.91. The molecule has 1 N–H and O–H groups in total. The lowest BCUT2D eigenvalue weighted by Crippen LogP contribution is -2.60. The zero-order valence-corrected chi connectivity index (χ0v) is 11.1. The molecule has 2 unspecified atom stereocenters. The van der Waals surface area contributed by atoms with Gasteiger partial charge in [-0.05, 0) is 26.2 Å². The van der Waals surface area contributed by atoms with Crippen LogP contribution in [0, 0.1) is 5.41 Å². The van der Waals surface area contributed by atoms with Crippen molar-refractivity contribution in [3.05, 3.63) is 11.6 Å². The molecule has 4 heteroatoms. The minimum atomic E-state index is 0.404. The van der Waals surface area contributed by atoms with E-state index in [1.807, 2.05) is 11.6 Å². The van der Waals surface area contributed by atoms with Crippen LogP contribution in [-0.4, -0.2) is 23.7 Å². The van der Waals surface area contributed by atoms with E-state index in [1.54, 1.807) is 11.3 Å². The smallest absolute Gasteiger partial charge is 0.182 e. The van der Waals surface area contributed by atoms with E-state index in [9.17, 15) is 0 Å². The van der Waals surface area contributed by atoms with Crippen molar-refractivity contribution >= 4 is 16.5 Å². The van der Waals surface area contributed by atoms with Crippen LogP contribution in [0.25, 0.3) is 0 Å². The van der Waals surface area contributed by atoms with Gasteiger partial charge in [0.1, 0.15) is 0 Å². The summed E-state index contributed by atoms with van der Waals surface area (Å²) in [5.74, 6) is 0. The molecule has 0 bridgehead atoms. The number of anilines is 1. The van der Waals surface area contributed by atoms with E-state index >= 15 is 0 Å². The predicted molar refractivity (Wildman–Crippen MR) is 70.5 cm³/mol. The van der Waals surface area contributed by atoms with Crippen molar-refractivity contribution in [3.63, 3.8) is 0 Å². The van der Waals surface area contributed by atoms with Gasteiger partial charge < -0.3 is 10.1 Å². The summed E-state index contributed by atoms with van der Waals surface area (Å²) >= 11 is 1.69. The molecule has 0 aliphatic heterocycles. The minimum Gasteiger partial charge on any atom is -0.378 e. The fourth-order valence-electron chi connectivity index (χ4n) is 3.53. The van der Waals surface area contributed by atoms with Crippen molar-refractivity contribution in [1.29, 1.82) is 0 Å². The van der Waals surface area contributed by atoms with Crippen LogP contribution >= 0.6 is 11.3 Å². The van der Waals surface area contributed by atoms with E-state index < -0.39 is 0 Å². The Labute approximate surface area is 107 Å². The minimum absolute atomic E-state index is 0.404. The van der Waals surface area contributed by atoms with Crippen LogP contribution in [0.4, 0.5) is 5.13 Å². The molecule has 2 fully saturated rings. The monoisotopic (exact) mass is 252 g/mol. The van der Waals surface area contributed by atoms with Gasteiger partial charge in [-0.25, -0.2) is 4.98 Å². The second-order valence-corrected chi connectivity index (χ2v) is 6.05. The Morgan fingerprint density at radius 2 is 2.35 bits per heavy atom. The van der Waals surface area contributed by atoms with Gasteiger partial charge in [0.2, 0.25) is 0 Å². The molecule has 1 aromatic rings. The van der Waals surface area contributed by atoms with E-state index in [4.69, 9.17) is 4.74 Å². The molecule has 17 heavy (non-hydrogen) atoms.